The minimum atomic E-state index is 0.784. The number of H-pyrrole nitrogens is 1. The summed E-state index contributed by atoms with van der Waals surface area (Å²) in [5, 5.41) is 10.8. The SMILES string of the molecule is Clc1ccc(CNc2ccc(Sc3ncn[nH]3)cc2)s1. The molecule has 1 aromatic carbocycles. The Labute approximate surface area is 129 Å². The van der Waals surface area contributed by atoms with Gasteiger partial charge in [0.15, 0.2) is 5.16 Å². The zero-order chi connectivity index (χ0) is 13.8. The van der Waals surface area contributed by atoms with Crippen molar-refractivity contribution in [1.29, 1.82) is 0 Å². The third-order valence-electron chi connectivity index (χ3n) is 2.56. The van der Waals surface area contributed by atoms with Crippen LogP contribution in [0.4, 0.5) is 5.69 Å². The van der Waals surface area contributed by atoms with Crippen molar-refractivity contribution in [3.8, 4) is 0 Å². The van der Waals surface area contributed by atoms with Crippen LogP contribution < -0.4 is 5.32 Å². The molecule has 0 saturated heterocycles. The van der Waals surface area contributed by atoms with Gasteiger partial charge in [-0.1, -0.05) is 23.4 Å². The Morgan fingerprint density at radius 3 is 2.70 bits per heavy atom. The van der Waals surface area contributed by atoms with E-state index in [0.29, 0.717) is 0 Å². The van der Waals surface area contributed by atoms with Crippen molar-refractivity contribution < 1.29 is 0 Å². The van der Waals surface area contributed by atoms with Gasteiger partial charge in [0.1, 0.15) is 6.33 Å². The molecule has 102 valence electrons. The van der Waals surface area contributed by atoms with Crippen LogP contribution in [0.1, 0.15) is 4.88 Å². The number of thiophene rings is 1. The molecule has 0 amide bonds. The summed E-state index contributed by atoms with van der Waals surface area (Å²) in [7, 11) is 0. The smallest absolute Gasteiger partial charge is 0.188 e. The highest BCUT2D eigenvalue weighted by Gasteiger charge is 2.01. The fourth-order valence-corrected chi connectivity index (χ4v) is 3.35. The maximum Gasteiger partial charge on any atom is 0.188 e. The molecule has 20 heavy (non-hydrogen) atoms. The summed E-state index contributed by atoms with van der Waals surface area (Å²) < 4.78 is 0.820. The lowest BCUT2D eigenvalue weighted by atomic mass is 10.3. The highest BCUT2D eigenvalue weighted by atomic mass is 35.5. The zero-order valence-corrected chi connectivity index (χ0v) is 12.7. The summed E-state index contributed by atoms with van der Waals surface area (Å²) >= 11 is 9.05. The van der Waals surface area contributed by atoms with Crippen molar-refractivity contribution in [2.24, 2.45) is 0 Å². The number of benzene rings is 1. The molecule has 0 unspecified atom stereocenters. The van der Waals surface area contributed by atoms with E-state index in [-0.39, 0.29) is 0 Å². The Hall–Kier alpha value is -1.50. The van der Waals surface area contributed by atoms with Gasteiger partial charge < -0.3 is 5.32 Å². The largest absolute Gasteiger partial charge is 0.380 e. The van der Waals surface area contributed by atoms with Crippen molar-refractivity contribution in [2.75, 3.05) is 5.32 Å². The highest BCUT2D eigenvalue weighted by molar-refractivity contribution is 7.99. The standard InChI is InChI=1S/C13H11ClN4S2/c14-12-6-5-11(19-12)7-15-9-1-3-10(4-2-9)20-13-16-8-17-18-13/h1-6,8,15H,7H2,(H,16,17,18). The van der Waals surface area contributed by atoms with Crippen LogP contribution in [0.25, 0.3) is 0 Å². The number of nitrogens with zero attached hydrogens (tertiary/aromatic N) is 2. The predicted molar refractivity (Wildman–Crippen MR) is 83.6 cm³/mol. The number of hydrogen-bond acceptors (Lipinski definition) is 5. The van der Waals surface area contributed by atoms with Crippen LogP contribution in [0.3, 0.4) is 0 Å². The molecule has 7 heteroatoms. The van der Waals surface area contributed by atoms with Gasteiger partial charge in [0.05, 0.1) is 4.34 Å². The molecule has 2 heterocycles. The Morgan fingerprint density at radius 2 is 2.05 bits per heavy atom. The quantitative estimate of drug-likeness (QED) is 0.736. The van der Waals surface area contributed by atoms with Crippen LogP contribution in [-0.4, -0.2) is 15.2 Å². The molecule has 0 spiro atoms. The lowest BCUT2D eigenvalue weighted by molar-refractivity contribution is 0.973. The second-order valence-electron chi connectivity index (χ2n) is 3.98. The lowest BCUT2D eigenvalue weighted by Crippen LogP contribution is -1.96. The van der Waals surface area contributed by atoms with Crippen LogP contribution in [0.2, 0.25) is 4.34 Å². The van der Waals surface area contributed by atoms with E-state index >= 15 is 0 Å². The number of hydrogen-bond donors (Lipinski definition) is 2. The van der Waals surface area contributed by atoms with Crippen LogP contribution in [0.15, 0.2) is 52.8 Å². The molecule has 2 aromatic heterocycles. The average Bonchev–Trinajstić information content (AvgIpc) is 3.10. The molecule has 0 aliphatic heterocycles. The Kier molecular flexibility index (Phi) is 4.25. The van der Waals surface area contributed by atoms with Crippen molar-refractivity contribution in [1.82, 2.24) is 15.2 Å². The number of halogens is 1. The first-order chi connectivity index (χ1) is 9.79. The molecule has 0 aliphatic carbocycles. The molecule has 0 aliphatic rings. The van der Waals surface area contributed by atoms with Gasteiger partial charge in [-0.05, 0) is 36.4 Å². The minimum absolute atomic E-state index is 0.784. The van der Waals surface area contributed by atoms with E-state index in [0.717, 1.165) is 26.6 Å². The first kappa shape index (κ1) is 13.5. The Balaban J connectivity index is 1.58. The number of nitrogens with one attached hydrogen (secondary N) is 2. The van der Waals surface area contributed by atoms with Gasteiger partial charge in [-0.25, -0.2) is 4.98 Å². The third kappa shape index (κ3) is 3.53. The first-order valence-corrected chi connectivity index (χ1v) is 7.92. The molecule has 0 bridgehead atoms. The number of anilines is 1. The normalized spacial score (nSPS) is 10.7. The van der Waals surface area contributed by atoms with Gasteiger partial charge in [-0.2, -0.15) is 5.10 Å². The Bertz CT molecular complexity index is 664. The summed E-state index contributed by atoms with van der Waals surface area (Å²) in [5.41, 5.74) is 1.08. The predicted octanol–water partition coefficient (Wildman–Crippen LogP) is 4.28. The summed E-state index contributed by atoms with van der Waals surface area (Å²) in [6, 6.07) is 12.2. The molecule has 2 N–H and O–H groups in total. The number of rotatable bonds is 5. The van der Waals surface area contributed by atoms with E-state index in [4.69, 9.17) is 11.6 Å². The summed E-state index contributed by atoms with van der Waals surface area (Å²) in [4.78, 5) is 6.42. The fraction of sp³-hybridized carbons (Fsp3) is 0.0769. The second kappa shape index (κ2) is 6.30. The Morgan fingerprint density at radius 1 is 1.20 bits per heavy atom. The van der Waals surface area contributed by atoms with E-state index in [1.165, 1.54) is 11.2 Å². The molecule has 0 fully saturated rings. The molecular weight excluding hydrogens is 312 g/mol. The summed E-state index contributed by atoms with van der Waals surface area (Å²) in [6.07, 6.45) is 1.50. The maximum atomic E-state index is 5.90. The van der Waals surface area contributed by atoms with Gasteiger partial charge in [-0.3, -0.25) is 5.10 Å². The van der Waals surface area contributed by atoms with Crippen LogP contribution in [0.5, 0.6) is 0 Å². The van der Waals surface area contributed by atoms with Crippen LogP contribution >= 0.6 is 34.7 Å². The van der Waals surface area contributed by atoms with Gasteiger partial charge >= 0.3 is 0 Å². The number of aromatic nitrogens is 3. The third-order valence-corrected chi connectivity index (χ3v) is 4.69. The lowest BCUT2D eigenvalue weighted by Gasteiger charge is -2.05. The first-order valence-electron chi connectivity index (χ1n) is 5.91. The van der Waals surface area contributed by atoms with E-state index in [2.05, 4.69) is 32.6 Å². The molecule has 4 nitrogen and oxygen atoms in total. The van der Waals surface area contributed by atoms with Gasteiger partial charge in [0.2, 0.25) is 0 Å². The number of aromatic amines is 1. The summed E-state index contributed by atoms with van der Waals surface area (Å²) in [6.45, 7) is 0.784. The zero-order valence-electron chi connectivity index (χ0n) is 10.3. The van der Waals surface area contributed by atoms with Crippen molar-refractivity contribution in [3.63, 3.8) is 0 Å². The van der Waals surface area contributed by atoms with Crippen LogP contribution in [-0.2, 0) is 6.54 Å². The molecular formula is C13H11ClN4S2. The summed E-state index contributed by atoms with van der Waals surface area (Å²) in [5.74, 6) is 0. The van der Waals surface area contributed by atoms with E-state index in [9.17, 15) is 0 Å². The minimum Gasteiger partial charge on any atom is -0.380 e. The molecule has 3 rings (SSSR count). The molecule has 3 aromatic rings. The van der Waals surface area contributed by atoms with Crippen molar-refractivity contribution in [2.45, 2.75) is 16.6 Å². The molecule has 0 radical (unpaired) electrons. The van der Waals surface area contributed by atoms with E-state index in [1.54, 1.807) is 23.1 Å². The van der Waals surface area contributed by atoms with Gasteiger partial charge in [0.25, 0.3) is 0 Å². The fourth-order valence-electron chi connectivity index (χ4n) is 1.63. The topological polar surface area (TPSA) is 53.6 Å². The van der Waals surface area contributed by atoms with E-state index < -0.39 is 0 Å². The molecule has 0 saturated carbocycles. The van der Waals surface area contributed by atoms with Crippen molar-refractivity contribution in [3.05, 3.63) is 51.9 Å². The maximum absolute atomic E-state index is 5.90. The van der Waals surface area contributed by atoms with Gasteiger partial charge in [-0.15, -0.1) is 11.3 Å². The van der Waals surface area contributed by atoms with Gasteiger partial charge in [0, 0.05) is 22.0 Å². The van der Waals surface area contributed by atoms with Crippen molar-refractivity contribution >= 4 is 40.4 Å². The van der Waals surface area contributed by atoms with E-state index in [1.807, 2.05) is 24.3 Å². The second-order valence-corrected chi connectivity index (χ2v) is 6.84. The monoisotopic (exact) mass is 322 g/mol. The molecule has 0 atom stereocenters. The highest BCUT2D eigenvalue weighted by Crippen LogP contribution is 2.26. The average molecular weight is 323 g/mol. The van der Waals surface area contributed by atoms with Crippen LogP contribution in [0, 0.1) is 0 Å².